The number of rotatable bonds is 0. The maximum atomic E-state index is 11.1. The van der Waals surface area contributed by atoms with E-state index < -0.39 is 0 Å². The number of nitrogens with one attached hydrogen (secondary N) is 1. The quantitative estimate of drug-likeness (QED) is 0.639. The van der Waals surface area contributed by atoms with E-state index >= 15 is 0 Å². The Labute approximate surface area is 71.5 Å². The predicted octanol–water partition coefficient (Wildman–Crippen LogP) is 0.367. The third kappa shape index (κ3) is 1.04. The monoisotopic (exact) mass is 182 g/mol. The predicted molar refractivity (Wildman–Crippen MR) is 43.0 cm³/mol. The molecule has 0 spiro atoms. The number of hydrogen-bond donors (Lipinski definition) is 1. The molecule has 0 amide bonds. The van der Waals surface area contributed by atoms with E-state index in [1.807, 2.05) is 0 Å². The van der Waals surface area contributed by atoms with Gasteiger partial charge in [-0.05, 0) is 0 Å². The lowest BCUT2D eigenvalue weighted by Crippen LogP contribution is -2.08. The van der Waals surface area contributed by atoms with Crippen LogP contribution in [0.3, 0.4) is 0 Å². The molecule has 0 saturated carbocycles. The van der Waals surface area contributed by atoms with Crippen LogP contribution >= 0.6 is 11.6 Å². The average molecular weight is 183 g/mol. The van der Waals surface area contributed by atoms with Crippen LogP contribution in [0.2, 0.25) is 5.15 Å². The van der Waals surface area contributed by atoms with Crippen LogP contribution in [0.5, 0.6) is 0 Å². The van der Waals surface area contributed by atoms with Crippen molar-refractivity contribution in [3.05, 3.63) is 28.0 Å². The minimum absolute atomic E-state index is 0.157. The molecule has 0 unspecified atom stereocenters. The highest BCUT2D eigenvalue weighted by Gasteiger charge is 2.01. The van der Waals surface area contributed by atoms with Crippen LogP contribution in [0, 0.1) is 0 Å². The molecule has 0 atom stereocenters. The fourth-order valence-corrected chi connectivity index (χ4v) is 0.962. The molecule has 60 valence electrons. The van der Waals surface area contributed by atoms with Crippen molar-refractivity contribution >= 4 is 22.8 Å². The van der Waals surface area contributed by atoms with Gasteiger partial charge >= 0.3 is 0 Å². The smallest absolute Gasteiger partial charge is 0.278 e. The minimum atomic E-state index is -0.338. The average Bonchev–Trinajstić information content (AvgIpc) is 2.07. The third-order valence-electron chi connectivity index (χ3n) is 1.32. The number of H-pyrrole nitrogens is 1. The van der Waals surface area contributed by atoms with Gasteiger partial charge in [0.25, 0.3) is 5.56 Å². The van der Waals surface area contributed by atoms with Gasteiger partial charge in [-0.3, -0.25) is 4.79 Å². The molecule has 2 aromatic heterocycles. The second kappa shape index (κ2) is 2.53. The molecule has 6 heteroatoms. The van der Waals surface area contributed by atoms with Crippen LogP contribution < -0.4 is 5.56 Å². The highest BCUT2D eigenvalue weighted by Crippen LogP contribution is 2.04. The molecular weight excluding hydrogens is 180 g/mol. The van der Waals surface area contributed by atoms with Crippen LogP contribution in [0.1, 0.15) is 0 Å². The number of aromatic amines is 1. The first kappa shape index (κ1) is 7.17. The number of nitrogens with zero attached hydrogens (tertiary/aromatic N) is 3. The Kier molecular flexibility index (Phi) is 1.51. The van der Waals surface area contributed by atoms with Crippen LogP contribution in [0.4, 0.5) is 0 Å². The first-order valence-electron chi connectivity index (χ1n) is 3.13. The van der Waals surface area contributed by atoms with Crippen molar-refractivity contribution in [2.24, 2.45) is 0 Å². The summed E-state index contributed by atoms with van der Waals surface area (Å²) in [5.41, 5.74) is 0.114. The molecular formula is C6H3ClN4O. The summed E-state index contributed by atoms with van der Waals surface area (Å²) in [5.74, 6) is 0. The molecule has 12 heavy (non-hydrogen) atoms. The summed E-state index contributed by atoms with van der Waals surface area (Å²) in [7, 11) is 0. The van der Waals surface area contributed by atoms with Gasteiger partial charge in [0.15, 0.2) is 11.2 Å². The molecule has 0 fully saturated rings. The van der Waals surface area contributed by atoms with Gasteiger partial charge in [0, 0.05) is 0 Å². The molecule has 0 aliphatic rings. The Bertz CT molecular complexity index is 480. The zero-order chi connectivity index (χ0) is 8.55. The molecule has 0 aromatic carbocycles. The van der Waals surface area contributed by atoms with Gasteiger partial charge in [0.2, 0.25) is 0 Å². The van der Waals surface area contributed by atoms with Gasteiger partial charge in [-0.2, -0.15) is 0 Å². The maximum Gasteiger partial charge on any atom is 0.278 e. The first-order chi connectivity index (χ1) is 5.77. The van der Waals surface area contributed by atoms with Crippen molar-refractivity contribution in [1.82, 2.24) is 19.9 Å². The first-order valence-corrected chi connectivity index (χ1v) is 3.51. The summed E-state index contributed by atoms with van der Waals surface area (Å²) in [6.45, 7) is 0. The van der Waals surface area contributed by atoms with E-state index in [1.54, 1.807) is 0 Å². The number of fused-ring (bicyclic) bond motifs is 1. The molecule has 0 aliphatic heterocycles. The molecule has 2 rings (SSSR count). The van der Waals surface area contributed by atoms with Crippen molar-refractivity contribution < 1.29 is 0 Å². The van der Waals surface area contributed by atoms with Crippen molar-refractivity contribution in [2.75, 3.05) is 0 Å². The van der Waals surface area contributed by atoms with Crippen molar-refractivity contribution in [2.45, 2.75) is 0 Å². The van der Waals surface area contributed by atoms with E-state index in [0.717, 1.165) is 0 Å². The highest BCUT2D eigenvalue weighted by atomic mass is 35.5. The van der Waals surface area contributed by atoms with E-state index in [0.29, 0.717) is 5.65 Å². The normalized spacial score (nSPS) is 10.4. The third-order valence-corrected chi connectivity index (χ3v) is 1.50. The topological polar surface area (TPSA) is 71.5 Å². The van der Waals surface area contributed by atoms with Gasteiger partial charge in [0.05, 0.1) is 12.5 Å². The SMILES string of the molecule is O=c1[nH]cnc2ncc(Cl)nc12. The second-order valence-electron chi connectivity index (χ2n) is 2.10. The Balaban J connectivity index is 2.98. The summed E-state index contributed by atoms with van der Waals surface area (Å²) in [4.78, 5) is 24.8. The number of aromatic nitrogens is 4. The summed E-state index contributed by atoms with van der Waals surface area (Å²) < 4.78 is 0. The second-order valence-corrected chi connectivity index (χ2v) is 2.48. The van der Waals surface area contributed by atoms with Crippen LogP contribution in [-0.2, 0) is 0 Å². The maximum absolute atomic E-state index is 11.1. The van der Waals surface area contributed by atoms with E-state index in [9.17, 15) is 4.79 Å². The van der Waals surface area contributed by atoms with Crippen LogP contribution in [0.15, 0.2) is 17.3 Å². The zero-order valence-electron chi connectivity index (χ0n) is 5.78. The largest absolute Gasteiger partial charge is 0.311 e. The fraction of sp³-hybridized carbons (Fsp3) is 0. The van der Waals surface area contributed by atoms with Crippen molar-refractivity contribution in [3.63, 3.8) is 0 Å². The lowest BCUT2D eigenvalue weighted by molar-refractivity contribution is 1.11. The standard InChI is InChI=1S/C6H3ClN4O/c7-3-1-8-5-4(11-3)6(12)10-2-9-5/h1-2H,(H,8,9,10,12). The zero-order valence-corrected chi connectivity index (χ0v) is 6.54. The Morgan fingerprint density at radius 3 is 3.08 bits per heavy atom. The molecule has 0 aliphatic carbocycles. The van der Waals surface area contributed by atoms with E-state index in [4.69, 9.17) is 11.6 Å². The van der Waals surface area contributed by atoms with Crippen molar-refractivity contribution in [3.8, 4) is 0 Å². The molecule has 2 aromatic rings. The lowest BCUT2D eigenvalue weighted by atomic mass is 10.5. The Hall–Kier alpha value is -1.49. The molecule has 5 nitrogen and oxygen atoms in total. The van der Waals surface area contributed by atoms with Gasteiger partial charge < -0.3 is 4.98 Å². The summed E-state index contributed by atoms with van der Waals surface area (Å²) in [6, 6.07) is 0. The van der Waals surface area contributed by atoms with Gasteiger partial charge in [-0.15, -0.1) is 0 Å². The summed E-state index contributed by atoms with van der Waals surface area (Å²) >= 11 is 5.54. The number of halogens is 1. The molecule has 0 radical (unpaired) electrons. The molecule has 1 N–H and O–H groups in total. The highest BCUT2D eigenvalue weighted by molar-refractivity contribution is 6.29. The Morgan fingerprint density at radius 1 is 1.42 bits per heavy atom. The van der Waals surface area contributed by atoms with E-state index in [1.165, 1.54) is 12.5 Å². The van der Waals surface area contributed by atoms with Crippen LogP contribution in [0.25, 0.3) is 11.2 Å². The van der Waals surface area contributed by atoms with Gasteiger partial charge in [-0.1, -0.05) is 11.6 Å². The van der Waals surface area contributed by atoms with Crippen LogP contribution in [-0.4, -0.2) is 19.9 Å². The Morgan fingerprint density at radius 2 is 2.25 bits per heavy atom. The lowest BCUT2D eigenvalue weighted by Gasteiger charge is -1.92. The fourth-order valence-electron chi connectivity index (χ4n) is 0.828. The molecule has 2 heterocycles. The molecule has 0 saturated heterocycles. The summed E-state index contributed by atoms with van der Waals surface area (Å²) in [6.07, 6.45) is 2.61. The van der Waals surface area contributed by atoms with E-state index in [-0.39, 0.29) is 16.2 Å². The van der Waals surface area contributed by atoms with Gasteiger partial charge in [0.1, 0.15) is 5.15 Å². The van der Waals surface area contributed by atoms with Gasteiger partial charge in [-0.25, -0.2) is 15.0 Å². The number of hydrogen-bond acceptors (Lipinski definition) is 4. The minimum Gasteiger partial charge on any atom is -0.311 e. The van der Waals surface area contributed by atoms with E-state index in [2.05, 4.69) is 19.9 Å². The summed E-state index contributed by atoms with van der Waals surface area (Å²) in [5, 5.41) is 0.181. The molecule has 0 bridgehead atoms. The van der Waals surface area contributed by atoms with Crippen molar-refractivity contribution in [1.29, 1.82) is 0 Å².